The number of carbonyl (C=O) groups is 2. The second kappa shape index (κ2) is 5.66. The fourth-order valence-electron chi connectivity index (χ4n) is 2.17. The van der Waals surface area contributed by atoms with Gasteiger partial charge in [-0.2, -0.15) is 4.31 Å². The van der Waals surface area contributed by atoms with Crippen LogP contribution in [-0.4, -0.2) is 55.6 Å². The second-order valence-corrected chi connectivity index (χ2v) is 6.65. The molecule has 0 spiro atoms. The summed E-state index contributed by atoms with van der Waals surface area (Å²) in [6.07, 6.45) is 1.28. The lowest BCUT2D eigenvalue weighted by atomic mass is 10.1. The molecule has 2 atom stereocenters. The molecule has 7 nitrogen and oxygen atoms in total. The molecule has 104 valence electrons. The van der Waals surface area contributed by atoms with Crippen molar-refractivity contribution < 1.29 is 23.1 Å². The highest BCUT2D eigenvalue weighted by molar-refractivity contribution is 7.89. The Hall–Kier alpha value is -1.15. The van der Waals surface area contributed by atoms with Crippen molar-refractivity contribution in [2.75, 3.05) is 20.6 Å². The van der Waals surface area contributed by atoms with E-state index in [0.29, 0.717) is 19.3 Å². The third kappa shape index (κ3) is 2.99. The maximum Gasteiger partial charge on any atom is 0.307 e. The number of hydrogen-bond acceptors (Lipinski definition) is 4. The summed E-state index contributed by atoms with van der Waals surface area (Å²) in [7, 11) is -1.04. The molecule has 0 saturated heterocycles. The molecule has 0 radical (unpaired) electrons. The van der Waals surface area contributed by atoms with E-state index in [4.69, 9.17) is 5.11 Å². The molecule has 1 rings (SSSR count). The number of nitrogens with zero attached hydrogens (tertiary/aromatic N) is 1. The molecule has 0 aromatic carbocycles. The zero-order chi connectivity index (χ0) is 13.9. The summed E-state index contributed by atoms with van der Waals surface area (Å²) in [5.74, 6) is -2.39. The van der Waals surface area contributed by atoms with E-state index < -0.39 is 33.1 Å². The van der Waals surface area contributed by atoms with Gasteiger partial charge < -0.3 is 10.4 Å². The first-order chi connectivity index (χ1) is 8.30. The highest BCUT2D eigenvalue weighted by atomic mass is 32.2. The van der Waals surface area contributed by atoms with E-state index in [2.05, 4.69) is 5.32 Å². The summed E-state index contributed by atoms with van der Waals surface area (Å²) in [6, 6.07) is 0. The van der Waals surface area contributed by atoms with Gasteiger partial charge in [-0.05, 0) is 12.8 Å². The quantitative estimate of drug-likeness (QED) is 0.688. The van der Waals surface area contributed by atoms with Crippen LogP contribution in [0.15, 0.2) is 0 Å². The van der Waals surface area contributed by atoms with Gasteiger partial charge in [0.05, 0.1) is 17.7 Å². The Balaban J connectivity index is 2.85. The number of aliphatic carboxylic acids is 1. The van der Waals surface area contributed by atoms with Gasteiger partial charge in [0.25, 0.3) is 0 Å². The monoisotopic (exact) mass is 278 g/mol. The number of amides is 1. The topological polar surface area (TPSA) is 104 Å². The molecular weight excluding hydrogens is 260 g/mol. The van der Waals surface area contributed by atoms with E-state index in [0.717, 1.165) is 4.31 Å². The van der Waals surface area contributed by atoms with Crippen molar-refractivity contribution >= 4 is 21.9 Å². The first-order valence-electron chi connectivity index (χ1n) is 5.69. The Kier molecular flexibility index (Phi) is 4.69. The third-order valence-electron chi connectivity index (χ3n) is 3.23. The number of nitrogens with one attached hydrogen (secondary N) is 1. The van der Waals surface area contributed by atoms with E-state index >= 15 is 0 Å². The minimum absolute atomic E-state index is 0.290. The third-order valence-corrected chi connectivity index (χ3v) is 5.56. The normalized spacial score (nSPS) is 24.2. The van der Waals surface area contributed by atoms with Crippen LogP contribution >= 0.6 is 0 Å². The number of rotatable bonds is 5. The summed E-state index contributed by atoms with van der Waals surface area (Å²) in [5, 5.41) is 10.4. The molecule has 1 aliphatic carbocycles. The van der Waals surface area contributed by atoms with Crippen molar-refractivity contribution in [2.24, 2.45) is 5.92 Å². The van der Waals surface area contributed by atoms with Crippen LogP contribution in [0.4, 0.5) is 0 Å². The van der Waals surface area contributed by atoms with Crippen LogP contribution in [0.2, 0.25) is 0 Å². The second-order valence-electron chi connectivity index (χ2n) is 4.39. The molecule has 18 heavy (non-hydrogen) atoms. The van der Waals surface area contributed by atoms with Gasteiger partial charge in [0.15, 0.2) is 0 Å². The van der Waals surface area contributed by atoms with Crippen LogP contribution in [0.3, 0.4) is 0 Å². The Labute approximate surface area is 106 Å². The van der Waals surface area contributed by atoms with Gasteiger partial charge >= 0.3 is 5.97 Å². The zero-order valence-corrected chi connectivity index (χ0v) is 11.2. The molecule has 0 aromatic heterocycles. The van der Waals surface area contributed by atoms with Gasteiger partial charge in [0.1, 0.15) is 0 Å². The Morgan fingerprint density at radius 3 is 2.50 bits per heavy atom. The maximum atomic E-state index is 12.2. The van der Waals surface area contributed by atoms with Gasteiger partial charge in [-0.1, -0.05) is 6.42 Å². The molecule has 0 aromatic rings. The van der Waals surface area contributed by atoms with E-state index in [-0.39, 0.29) is 6.54 Å². The maximum absolute atomic E-state index is 12.2. The Morgan fingerprint density at radius 1 is 1.39 bits per heavy atom. The Bertz CT molecular complexity index is 434. The van der Waals surface area contributed by atoms with Crippen LogP contribution < -0.4 is 5.32 Å². The van der Waals surface area contributed by atoms with E-state index in [1.165, 1.54) is 14.1 Å². The smallest absolute Gasteiger partial charge is 0.307 e. The van der Waals surface area contributed by atoms with Crippen molar-refractivity contribution in [3.63, 3.8) is 0 Å². The zero-order valence-electron chi connectivity index (χ0n) is 10.4. The fourth-order valence-corrected chi connectivity index (χ4v) is 4.06. The van der Waals surface area contributed by atoms with Gasteiger partial charge in [0, 0.05) is 14.1 Å². The molecule has 2 N–H and O–H groups in total. The molecule has 1 fully saturated rings. The lowest BCUT2D eigenvalue weighted by Gasteiger charge is -2.23. The minimum Gasteiger partial charge on any atom is -0.481 e. The summed E-state index contributed by atoms with van der Waals surface area (Å²) >= 11 is 0. The van der Waals surface area contributed by atoms with Crippen LogP contribution in [-0.2, 0) is 19.6 Å². The van der Waals surface area contributed by atoms with Crippen LogP contribution in [0.25, 0.3) is 0 Å². The van der Waals surface area contributed by atoms with Gasteiger partial charge in [-0.3, -0.25) is 9.59 Å². The number of carboxylic acids is 1. The first-order valence-corrected chi connectivity index (χ1v) is 7.19. The van der Waals surface area contributed by atoms with Crippen molar-refractivity contribution in [2.45, 2.75) is 24.5 Å². The molecule has 0 heterocycles. The summed E-state index contributed by atoms with van der Waals surface area (Å²) in [5.41, 5.74) is 0. The van der Waals surface area contributed by atoms with Gasteiger partial charge in [0.2, 0.25) is 15.9 Å². The highest BCUT2D eigenvalue weighted by Crippen LogP contribution is 2.32. The van der Waals surface area contributed by atoms with E-state index in [1.54, 1.807) is 0 Å². The standard InChI is InChI=1S/C10H18N2O5S/c1-11-9(13)6-12(2)18(16,17)8-5-3-4-7(8)10(14)15/h7-8H,3-6H2,1-2H3,(H,11,13)(H,14,15). The lowest BCUT2D eigenvalue weighted by molar-refractivity contribution is -0.141. The first kappa shape index (κ1) is 14.9. The van der Waals surface area contributed by atoms with Crippen molar-refractivity contribution in [1.29, 1.82) is 0 Å². The molecule has 0 bridgehead atoms. The van der Waals surface area contributed by atoms with Crippen LogP contribution in [0.5, 0.6) is 0 Å². The molecule has 1 amide bonds. The highest BCUT2D eigenvalue weighted by Gasteiger charge is 2.43. The van der Waals surface area contributed by atoms with Crippen molar-refractivity contribution in [3.05, 3.63) is 0 Å². The predicted molar refractivity (Wildman–Crippen MR) is 64.4 cm³/mol. The van der Waals surface area contributed by atoms with E-state index in [9.17, 15) is 18.0 Å². The number of likely N-dealkylation sites (N-methyl/N-ethyl adjacent to an activating group) is 2. The SMILES string of the molecule is CNC(=O)CN(C)S(=O)(=O)C1CCCC1C(=O)O. The molecule has 1 saturated carbocycles. The largest absolute Gasteiger partial charge is 0.481 e. The molecule has 2 unspecified atom stereocenters. The number of sulfonamides is 1. The Morgan fingerprint density at radius 2 is 2.00 bits per heavy atom. The van der Waals surface area contributed by atoms with Crippen LogP contribution in [0, 0.1) is 5.92 Å². The van der Waals surface area contributed by atoms with Gasteiger partial charge in [-0.15, -0.1) is 0 Å². The minimum atomic E-state index is -3.75. The molecule has 0 aliphatic heterocycles. The lowest BCUT2D eigenvalue weighted by Crippen LogP contribution is -2.44. The van der Waals surface area contributed by atoms with E-state index in [1.807, 2.05) is 0 Å². The number of carbonyl (C=O) groups excluding carboxylic acids is 1. The summed E-state index contributed by atoms with van der Waals surface area (Å²) < 4.78 is 25.3. The fraction of sp³-hybridized carbons (Fsp3) is 0.800. The predicted octanol–water partition coefficient (Wildman–Crippen LogP) is -0.753. The summed E-state index contributed by atoms with van der Waals surface area (Å²) in [6.45, 7) is -0.290. The summed E-state index contributed by atoms with van der Waals surface area (Å²) in [4.78, 5) is 22.2. The molecule has 1 aliphatic rings. The number of hydrogen-bond donors (Lipinski definition) is 2. The molecule has 8 heteroatoms. The van der Waals surface area contributed by atoms with Crippen LogP contribution in [0.1, 0.15) is 19.3 Å². The van der Waals surface area contributed by atoms with Crippen molar-refractivity contribution in [1.82, 2.24) is 9.62 Å². The molecular formula is C10H18N2O5S. The average molecular weight is 278 g/mol. The number of carboxylic acid groups (broad SMARTS) is 1. The van der Waals surface area contributed by atoms with Crippen molar-refractivity contribution in [3.8, 4) is 0 Å². The van der Waals surface area contributed by atoms with Gasteiger partial charge in [-0.25, -0.2) is 8.42 Å². The average Bonchev–Trinajstić information content (AvgIpc) is 2.78.